The van der Waals surface area contributed by atoms with Crippen molar-refractivity contribution >= 4 is 5.97 Å². The summed E-state index contributed by atoms with van der Waals surface area (Å²) < 4.78 is 83.0. The third-order valence-corrected chi connectivity index (χ3v) is 3.79. The van der Waals surface area contributed by atoms with Gasteiger partial charge in [-0.2, -0.15) is 26.3 Å². The van der Waals surface area contributed by atoms with E-state index >= 15 is 0 Å². The van der Waals surface area contributed by atoms with Crippen molar-refractivity contribution in [2.75, 3.05) is 6.61 Å². The van der Waals surface area contributed by atoms with Gasteiger partial charge in [0, 0.05) is 12.1 Å². The lowest BCUT2D eigenvalue weighted by Crippen LogP contribution is -2.18. The second kappa shape index (κ2) is 7.98. The first-order chi connectivity index (χ1) is 12.5. The van der Waals surface area contributed by atoms with Crippen molar-refractivity contribution in [3.8, 4) is 0 Å². The number of ether oxygens (including phenoxy) is 1. The highest BCUT2D eigenvalue weighted by Gasteiger charge is 2.37. The number of hydrogen-bond donors (Lipinski definition) is 0. The van der Waals surface area contributed by atoms with Crippen LogP contribution in [0.2, 0.25) is 0 Å². The van der Waals surface area contributed by atoms with Crippen LogP contribution in [0.15, 0.2) is 42.6 Å². The molecule has 2 rings (SSSR count). The first-order valence-corrected chi connectivity index (χ1v) is 7.89. The molecule has 3 nitrogen and oxygen atoms in total. The second-order valence-electron chi connectivity index (χ2n) is 5.62. The molecule has 1 aromatic heterocycles. The van der Waals surface area contributed by atoms with Crippen molar-refractivity contribution in [3.63, 3.8) is 0 Å². The molecule has 0 saturated heterocycles. The monoisotopic (exact) mass is 391 g/mol. The Kier molecular flexibility index (Phi) is 6.12. The molecule has 1 heterocycles. The number of carbonyl (C=O) groups is 1. The fourth-order valence-corrected chi connectivity index (χ4v) is 2.60. The van der Waals surface area contributed by atoms with Crippen LogP contribution < -0.4 is 0 Å². The number of carbonyl (C=O) groups excluding carboxylic acids is 1. The van der Waals surface area contributed by atoms with E-state index in [1.165, 1.54) is 6.92 Å². The zero-order valence-corrected chi connectivity index (χ0v) is 14.1. The number of halogens is 6. The third-order valence-electron chi connectivity index (χ3n) is 3.79. The largest absolute Gasteiger partial charge is 0.466 e. The van der Waals surface area contributed by atoms with E-state index in [0.717, 1.165) is 42.6 Å². The summed E-state index contributed by atoms with van der Waals surface area (Å²) in [5.41, 5.74) is -2.35. The Hall–Kier alpha value is -2.58. The minimum Gasteiger partial charge on any atom is -0.466 e. The number of nitrogens with zero attached hydrogens (tertiary/aromatic N) is 1. The SMILES string of the molecule is CCOC(=O)C[C@@H](c1ccc(C(F)(F)F)cc1)c1ncccc1C(F)(F)F. The molecule has 0 aliphatic rings. The first-order valence-electron chi connectivity index (χ1n) is 7.89. The molecular weight excluding hydrogens is 376 g/mol. The second-order valence-corrected chi connectivity index (χ2v) is 5.62. The van der Waals surface area contributed by atoms with Gasteiger partial charge in [-0.1, -0.05) is 12.1 Å². The van der Waals surface area contributed by atoms with Crippen LogP contribution in [0, 0.1) is 0 Å². The van der Waals surface area contributed by atoms with E-state index in [1.54, 1.807) is 0 Å². The summed E-state index contributed by atoms with van der Waals surface area (Å²) >= 11 is 0. The van der Waals surface area contributed by atoms with E-state index in [1.807, 2.05) is 0 Å². The van der Waals surface area contributed by atoms with Gasteiger partial charge in [0.05, 0.1) is 29.8 Å². The molecule has 0 N–H and O–H groups in total. The molecule has 0 aliphatic heterocycles. The van der Waals surface area contributed by atoms with E-state index in [0.29, 0.717) is 0 Å². The van der Waals surface area contributed by atoms with Crippen LogP contribution in [-0.4, -0.2) is 17.6 Å². The molecule has 0 fully saturated rings. The Balaban J connectivity index is 2.52. The molecule has 0 unspecified atom stereocenters. The van der Waals surface area contributed by atoms with Gasteiger partial charge in [-0.15, -0.1) is 0 Å². The van der Waals surface area contributed by atoms with Crippen LogP contribution in [0.25, 0.3) is 0 Å². The van der Waals surface area contributed by atoms with E-state index in [4.69, 9.17) is 4.74 Å². The highest BCUT2D eigenvalue weighted by Crippen LogP contribution is 2.38. The average Bonchev–Trinajstić information content (AvgIpc) is 2.58. The summed E-state index contributed by atoms with van der Waals surface area (Å²) in [4.78, 5) is 15.6. The average molecular weight is 391 g/mol. The summed E-state index contributed by atoms with van der Waals surface area (Å²) in [7, 11) is 0. The number of aromatic nitrogens is 1. The zero-order chi connectivity index (χ0) is 20.2. The van der Waals surface area contributed by atoms with Gasteiger partial charge in [-0.25, -0.2) is 0 Å². The zero-order valence-electron chi connectivity index (χ0n) is 14.1. The highest BCUT2D eigenvalue weighted by atomic mass is 19.4. The predicted molar refractivity (Wildman–Crippen MR) is 83.8 cm³/mol. The van der Waals surface area contributed by atoms with Gasteiger partial charge in [0.1, 0.15) is 0 Å². The molecule has 146 valence electrons. The Bertz CT molecular complexity index is 784. The minimum absolute atomic E-state index is 0.0207. The van der Waals surface area contributed by atoms with Gasteiger partial charge < -0.3 is 4.74 Å². The van der Waals surface area contributed by atoms with Gasteiger partial charge in [0.25, 0.3) is 0 Å². The van der Waals surface area contributed by atoms with Crippen molar-refractivity contribution in [1.29, 1.82) is 0 Å². The van der Waals surface area contributed by atoms with Gasteiger partial charge >= 0.3 is 18.3 Å². The predicted octanol–water partition coefficient (Wildman–Crippen LogP) is 5.20. The number of alkyl halides is 6. The molecular formula is C18H15F6NO2. The minimum atomic E-state index is -4.73. The van der Waals surface area contributed by atoms with Crippen LogP contribution in [0.4, 0.5) is 26.3 Å². The fraction of sp³-hybridized carbons (Fsp3) is 0.333. The molecule has 0 radical (unpaired) electrons. The van der Waals surface area contributed by atoms with Crippen LogP contribution >= 0.6 is 0 Å². The first kappa shape index (κ1) is 20.7. The molecule has 1 aromatic carbocycles. The van der Waals surface area contributed by atoms with Crippen LogP contribution in [0.1, 0.15) is 41.6 Å². The summed E-state index contributed by atoms with van der Waals surface area (Å²) in [6.07, 6.45) is -8.67. The van der Waals surface area contributed by atoms with E-state index < -0.39 is 47.5 Å². The Morgan fingerprint density at radius 2 is 1.67 bits per heavy atom. The normalized spacial score (nSPS) is 13.3. The molecule has 0 bridgehead atoms. The molecule has 0 aliphatic carbocycles. The molecule has 27 heavy (non-hydrogen) atoms. The summed E-state index contributed by atoms with van der Waals surface area (Å²) in [5.74, 6) is -1.98. The van der Waals surface area contributed by atoms with E-state index in [-0.39, 0.29) is 12.2 Å². The topological polar surface area (TPSA) is 39.2 Å². The number of pyridine rings is 1. The van der Waals surface area contributed by atoms with Crippen LogP contribution in [-0.2, 0) is 21.9 Å². The maximum atomic E-state index is 13.3. The standard InChI is InChI=1S/C18H15F6NO2/c1-2-27-15(26)10-13(11-5-7-12(8-6-11)17(19,20)21)16-14(18(22,23)24)4-3-9-25-16/h3-9,13H,2,10H2,1H3/t13-/m0/s1. The molecule has 1 atom stereocenters. The molecule has 2 aromatic rings. The van der Waals surface area contributed by atoms with Crippen molar-refractivity contribution in [2.24, 2.45) is 0 Å². The Morgan fingerprint density at radius 3 is 2.19 bits per heavy atom. The number of benzene rings is 1. The maximum absolute atomic E-state index is 13.3. The Morgan fingerprint density at radius 1 is 1.04 bits per heavy atom. The summed E-state index contributed by atoms with van der Waals surface area (Å²) in [6, 6.07) is 5.50. The lowest BCUT2D eigenvalue weighted by molar-refractivity contribution is -0.144. The fourth-order valence-electron chi connectivity index (χ4n) is 2.60. The van der Waals surface area contributed by atoms with Crippen LogP contribution in [0.3, 0.4) is 0 Å². The summed E-state index contributed by atoms with van der Waals surface area (Å²) in [5, 5.41) is 0. The van der Waals surface area contributed by atoms with Crippen LogP contribution in [0.5, 0.6) is 0 Å². The van der Waals surface area contributed by atoms with E-state index in [9.17, 15) is 31.1 Å². The Labute approximate surface area is 151 Å². The van der Waals surface area contributed by atoms with Gasteiger partial charge in [0.2, 0.25) is 0 Å². The maximum Gasteiger partial charge on any atom is 0.418 e. The van der Waals surface area contributed by atoms with E-state index in [2.05, 4.69) is 4.98 Å². The third kappa shape index (κ3) is 5.21. The smallest absolute Gasteiger partial charge is 0.418 e. The summed E-state index contributed by atoms with van der Waals surface area (Å²) in [6.45, 7) is 1.56. The lowest BCUT2D eigenvalue weighted by Gasteiger charge is -2.21. The van der Waals surface area contributed by atoms with Crippen molar-refractivity contribution in [1.82, 2.24) is 4.98 Å². The lowest BCUT2D eigenvalue weighted by atomic mass is 9.88. The highest BCUT2D eigenvalue weighted by molar-refractivity contribution is 5.71. The van der Waals surface area contributed by atoms with Crippen molar-refractivity contribution in [3.05, 3.63) is 65.0 Å². The van der Waals surface area contributed by atoms with Gasteiger partial charge in [-0.05, 0) is 36.8 Å². The number of esters is 1. The van der Waals surface area contributed by atoms with Crippen molar-refractivity contribution in [2.45, 2.75) is 31.6 Å². The molecule has 0 saturated carbocycles. The van der Waals surface area contributed by atoms with Gasteiger partial charge in [-0.3, -0.25) is 9.78 Å². The number of hydrogen-bond acceptors (Lipinski definition) is 3. The van der Waals surface area contributed by atoms with Crippen molar-refractivity contribution < 1.29 is 35.9 Å². The quantitative estimate of drug-likeness (QED) is 0.519. The molecule has 0 amide bonds. The molecule has 9 heteroatoms. The van der Waals surface area contributed by atoms with Gasteiger partial charge in [0.15, 0.2) is 0 Å². The number of rotatable bonds is 5. The molecule has 0 spiro atoms.